The molecule has 1 saturated heterocycles. The molecule has 1 unspecified atom stereocenters. The highest BCUT2D eigenvalue weighted by atomic mass is 35.5. The van der Waals surface area contributed by atoms with E-state index in [0.717, 1.165) is 48.7 Å². The summed E-state index contributed by atoms with van der Waals surface area (Å²) in [5.41, 5.74) is 2.91. The zero-order valence-electron chi connectivity index (χ0n) is 15.6. The standard InChI is InChI=1S/C21H23ClN4O/c1-14-6-7-17(22)13-18(14)21-24-20(19-5-3-4-10-23-19)25-26(21)15(2)16-8-11-27-12-9-16/h3-7,10,13,15-16H,8-9,11-12H2,1-2H3. The van der Waals surface area contributed by atoms with Crippen LogP contribution in [-0.4, -0.2) is 33.0 Å². The average molecular weight is 383 g/mol. The van der Waals surface area contributed by atoms with Crippen LogP contribution in [0.4, 0.5) is 0 Å². The molecule has 0 N–H and O–H groups in total. The van der Waals surface area contributed by atoms with Crippen LogP contribution in [0.25, 0.3) is 22.9 Å². The molecule has 0 bridgehead atoms. The molecule has 0 radical (unpaired) electrons. The van der Waals surface area contributed by atoms with Gasteiger partial charge in [0.2, 0.25) is 0 Å². The molecule has 0 amide bonds. The van der Waals surface area contributed by atoms with Crippen LogP contribution in [0.1, 0.15) is 31.4 Å². The Labute approximate surface area is 164 Å². The van der Waals surface area contributed by atoms with Crippen LogP contribution in [0.15, 0.2) is 42.6 Å². The van der Waals surface area contributed by atoms with Crippen molar-refractivity contribution in [1.29, 1.82) is 0 Å². The number of halogens is 1. The van der Waals surface area contributed by atoms with Crippen molar-refractivity contribution in [2.24, 2.45) is 5.92 Å². The monoisotopic (exact) mass is 382 g/mol. The highest BCUT2D eigenvalue weighted by molar-refractivity contribution is 6.30. The second kappa shape index (κ2) is 7.79. The summed E-state index contributed by atoms with van der Waals surface area (Å²) >= 11 is 6.28. The highest BCUT2D eigenvalue weighted by Crippen LogP contribution is 2.33. The van der Waals surface area contributed by atoms with E-state index in [4.69, 9.17) is 26.4 Å². The van der Waals surface area contributed by atoms with E-state index in [-0.39, 0.29) is 6.04 Å². The van der Waals surface area contributed by atoms with Gasteiger partial charge in [-0.05, 0) is 62.4 Å². The van der Waals surface area contributed by atoms with Crippen molar-refractivity contribution in [3.05, 3.63) is 53.2 Å². The van der Waals surface area contributed by atoms with Crippen molar-refractivity contribution in [2.45, 2.75) is 32.7 Å². The molecule has 27 heavy (non-hydrogen) atoms. The van der Waals surface area contributed by atoms with Gasteiger partial charge >= 0.3 is 0 Å². The van der Waals surface area contributed by atoms with Gasteiger partial charge in [-0.25, -0.2) is 9.67 Å². The number of aryl methyl sites for hydroxylation is 1. The fourth-order valence-electron chi connectivity index (χ4n) is 3.63. The van der Waals surface area contributed by atoms with Gasteiger partial charge in [0, 0.05) is 30.0 Å². The Balaban J connectivity index is 1.82. The smallest absolute Gasteiger partial charge is 0.200 e. The van der Waals surface area contributed by atoms with Gasteiger partial charge in [0.15, 0.2) is 11.6 Å². The summed E-state index contributed by atoms with van der Waals surface area (Å²) in [6, 6.07) is 11.9. The summed E-state index contributed by atoms with van der Waals surface area (Å²) in [4.78, 5) is 9.29. The molecule has 4 rings (SSSR count). The summed E-state index contributed by atoms with van der Waals surface area (Å²) < 4.78 is 7.59. The van der Waals surface area contributed by atoms with Gasteiger partial charge in [-0.1, -0.05) is 23.7 Å². The van der Waals surface area contributed by atoms with Gasteiger partial charge in [0.1, 0.15) is 5.69 Å². The lowest BCUT2D eigenvalue weighted by Gasteiger charge is -2.28. The average Bonchev–Trinajstić information content (AvgIpc) is 3.16. The van der Waals surface area contributed by atoms with Crippen LogP contribution in [-0.2, 0) is 4.74 Å². The number of ether oxygens (including phenoxy) is 1. The predicted molar refractivity (Wildman–Crippen MR) is 107 cm³/mol. The van der Waals surface area contributed by atoms with E-state index in [1.807, 2.05) is 36.4 Å². The Hall–Kier alpha value is -2.24. The molecule has 0 spiro atoms. The van der Waals surface area contributed by atoms with Gasteiger partial charge in [0.05, 0.1) is 6.04 Å². The minimum absolute atomic E-state index is 0.215. The van der Waals surface area contributed by atoms with E-state index in [1.54, 1.807) is 6.20 Å². The minimum atomic E-state index is 0.215. The summed E-state index contributed by atoms with van der Waals surface area (Å²) in [6.45, 7) is 5.91. The third kappa shape index (κ3) is 3.75. The fraction of sp³-hybridized carbons (Fsp3) is 0.381. The van der Waals surface area contributed by atoms with Crippen molar-refractivity contribution in [1.82, 2.24) is 19.7 Å². The maximum absolute atomic E-state index is 6.28. The zero-order valence-corrected chi connectivity index (χ0v) is 16.4. The van der Waals surface area contributed by atoms with Gasteiger partial charge in [-0.15, -0.1) is 5.10 Å². The normalized spacial score (nSPS) is 16.4. The van der Waals surface area contributed by atoms with Gasteiger partial charge in [0.25, 0.3) is 0 Å². The zero-order chi connectivity index (χ0) is 18.8. The van der Waals surface area contributed by atoms with Crippen molar-refractivity contribution >= 4 is 11.6 Å². The summed E-state index contributed by atoms with van der Waals surface area (Å²) in [6.07, 6.45) is 3.84. The first-order valence-corrected chi connectivity index (χ1v) is 9.73. The first kappa shape index (κ1) is 18.1. The number of nitrogens with zero attached hydrogens (tertiary/aromatic N) is 4. The van der Waals surface area contributed by atoms with E-state index < -0.39 is 0 Å². The summed E-state index contributed by atoms with van der Waals surface area (Å²) in [5.74, 6) is 1.99. The van der Waals surface area contributed by atoms with Crippen molar-refractivity contribution in [3.8, 4) is 22.9 Å². The molecule has 3 heterocycles. The lowest BCUT2D eigenvalue weighted by atomic mass is 9.93. The van der Waals surface area contributed by atoms with Crippen molar-refractivity contribution in [2.75, 3.05) is 13.2 Å². The SMILES string of the molecule is Cc1ccc(Cl)cc1-c1nc(-c2ccccn2)nn1C(C)C1CCOCC1. The van der Waals surface area contributed by atoms with Gasteiger partial charge in [-0.3, -0.25) is 4.98 Å². The number of rotatable bonds is 4. The van der Waals surface area contributed by atoms with Crippen LogP contribution in [0.3, 0.4) is 0 Å². The third-order valence-corrected chi connectivity index (χ3v) is 5.53. The maximum Gasteiger partial charge on any atom is 0.200 e. The number of aromatic nitrogens is 4. The van der Waals surface area contributed by atoms with Crippen LogP contribution < -0.4 is 0 Å². The molecular formula is C21H23ClN4O. The number of hydrogen-bond donors (Lipinski definition) is 0. The Bertz CT molecular complexity index is 919. The molecule has 5 nitrogen and oxygen atoms in total. The molecule has 1 fully saturated rings. The third-order valence-electron chi connectivity index (χ3n) is 5.30. The number of pyridine rings is 1. The number of hydrogen-bond acceptors (Lipinski definition) is 4. The Morgan fingerprint density at radius 1 is 1.19 bits per heavy atom. The van der Waals surface area contributed by atoms with Gasteiger partial charge < -0.3 is 4.74 Å². The largest absolute Gasteiger partial charge is 0.381 e. The fourth-order valence-corrected chi connectivity index (χ4v) is 3.80. The molecule has 140 valence electrons. The minimum Gasteiger partial charge on any atom is -0.381 e. The van der Waals surface area contributed by atoms with Crippen molar-refractivity contribution < 1.29 is 4.74 Å². The summed E-state index contributed by atoms with van der Waals surface area (Å²) in [7, 11) is 0. The molecule has 6 heteroatoms. The Morgan fingerprint density at radius 3 is 2.74 bits per heavy atom. The van der Waals surface area contributed by atoms with Crippen LogP contribution in [0.5, 0.6) is 0 Å². The lowest BCUT2D eigenvalue weighted by Crippen LogP contribution is -2.25. The molecular weight excluding hydrogens is 360 g/mol. The first-order valence-electron chi connectivity index (χ1n) is 9.35. The maximum atomic E-state index is 6.28. The van der Waals surface area contributed by atoms with E-state index >= 15 is 0 Å². The van der Waals surface area contributed by atoms with Crippen molar-refractivity contribution in [3.63, 3.8) is 0 Å². The van der Waals surface area contributed by atoms with Crippen LogP contribution >= 0.6 is 11.6 Å². The lowest BCUT2D eigenvalue weighted by molar-refractivity contribution is 0.0498. The topological polar surface area (TPSA) is 52.8 Å². The molecule has 1 atom stereocenters. The Morgan fingerprint density at radius 2 is 2.00 bits per heavy atom. The second-order valence-electron chi connectivity index (χ2n) is 7.07. The quantitative estimate of drug-likeness (QED) is 0.640. The second-order valence-corrected chi connectivity index (χ2v) is 7.50. The molecule has 1 aliphatic rings. The molecule has 0 aliphatic carbocycles. The van der Waals surface area contributed by atoms with Crippen LogP contribution in [0.2, 0.25) is 5.02 Å². The number of benzene rings is 1. The molecule has 1 aromatic carbocycles. The molecule has 0 saturated carbocycles. The van der Waals surface area contributed by atoms with Crippen LogP contribution in [0, 0.1) is 12.8 Å². The van der Waals surface area contributed by atoms with E-state index in [2.05, 4.69) is 23.5 Å². The molecule has 3 aromatic rings. The summed E-state index contributed by atoms with van der Waals surface area (Å²) in [5, 5.41) is 5.56. The first-order chi connectivity index (χ1) is 13.1. The van der Waals surface area contributed by atoms with E-state index in [9.17, 15) is 0 Å². The highest BCUT2D eigenvalue weighted by Gasteiger charge is 2.27. The predicted octanol–water partition coefficient (Wildman–Crippen LogP) is 4.96. The Kier molecular flexibility index (Phi) is 5.23. The molecule has 2 aromatic heterocycles. The van der Waals surface area contributed by atoms with E-state index in [1.165, 1.54) is 0 Å². The van der Waals surface area contributed by atoms with Gasteiger partial charge in [-0.2, -0.15) is 0 Å². The van der Waals surface area contributed by atoms with E-state index in [0.29, 0.717) is 16.8 Å². The molecule has 1 aliphatic heterocycles.